The van der Waals surface area contributed by atoms with Crippen LogP contribution in [0.2, 0.25) is 0 Å². The molecule has 2 nitrogen and oxygen atoms in total. The lowest BCUT2D eigenvalue weighted by Crippen LogP contribution is -1.90. The number of aromatic nitrogens is 2. The Balaban J connectivity index is 1.69. The van der Waals surface area contributed by atoms with Gasteiger partial charge in [0.1, 0.15) is 6.33 Å². The van der Waals surface area contributed by atoms with Crippen LogP contribution < -0.4 is 0 Å². The predicted molar refractivity (Wildman–Crippen MR) is 110 cm³/mol. The molecule has 0 amide bonds. The first-order valence-electron chi connectivity index (χ1n) is 11.2. The molecule has 0 aliphatic carbocycles. The van der Waals surface area contributed by atoms with Gasteiger partial charge in [-0.25, -0.2) is 9.97 Å². The average molecular weight is 347 g/mol. The summed E-state index contributed by atoms with van der Waals surface area (Å²) in [5, 5.41) is 0. The highest BCUT2D eigenvalue weighted by molar-refractivity contribution is 4.97. The van der Waals surface area contributed by atoms with Gasteiger partial charge in [0.2, 0.25) is 0 Å². The minimum absolute atomic E-state index is 1.11. The zero-order valence-corrected chi connectivity index (χ0v) is 16.9. The summed E-state index contributed by atoms with van der Waals surface area (Å²) in [7, 11) is 0. The normalized spacial score (nSPS) is 11.1. The van der Waals surface area contributed by atoms with Crippen molar-refractivity contribution in [3.8, 4) is 0 Å². The Morgan fingerprint density at radius 3 is 1.44 bits per heavy atom. The highest BCUT2D eigenvalue weighted by atomic mass is 14.8. The van der Waals surface area contributed by atoms with E-state index in [0.717, 1.165) is 6.42 Å². The fourth-order valence-corrected chi connectivity index (χ4v) is 3.50. The Morgan fingerprint density at radius 2 is 1.04 bits per heavy atom. The van der Waals surface area contributed by atoms with Gasteiger partial charge in [0.25, 0.3) is 0 Å². The maximum Gasteiger partial charge on any atom is 0.115 e. The van der Waals surface area contributed by atoms with Gasteiger partial charge in [-0.15, -0.1) is 0 Å². The van der Waals surface area contributed by atoms with Crippen molar-refractivity contribution >= 4 is 0 Å². The summed E-state index contributed by atoms with van der Waals surface area (Å²) in [5.74, 6) is 0. The Morgan fingerprint density at radius 1 is 0.600 bits per heavy atom. The van der Waals surface area contributed by atoms with Crippen molar-refractivity contribution in [1.82, 2.24) is 9.97 Å². The van der Waals surface area contributed by atoms with E-state index < -0.39 is 0 Å². The molecular weight excluding hydrogens is 304 g/mol. The first-order valence-corrected chi connectivity index (χ1v) is 11.2. The minimum Gasteiger partial charge on any atom is -0.245 e. The smallest absolute Gasteiger partial charge is 0.115 e. The molecule has 0 aliphatic heterocycles. The van der Waals surface area contributed by atoms with Crippen LogP contribution in [0, 0.1) is 0 Å². The maximum atomic E-state index is 4.28. The van der Waals surface area contributed by atoms with Gasteiger partial charge < -0.3 is 0 Å². The van der Waals surface area contributed by atoms with Crippen LogP contribution in [0.4, 0.5) is 0 Å². The van der Waals surface area contributed by atoms with Gasteiger partial charge in [-0.1, -0.05) is 110 Å². The minimum atomic E-state index is 1.11. The van der Waals surface area contributed by atoms with Gasteiger partial charge >= 0.3 is 0 Å². The molecule has 0 N–H and O–H groups in total. The lowest BCUT2D eigenvalue weighted by molar-refractivity contribution is 0.527. The fourth-order valence-electron chi connectivity index (χ4n) is 3.50. The average Bonchev–Trinajstić information content (AvgIpc) is 2.65. The Labute approximate surface area is 157 Å². The van der Waals surface area contributed by atoms with E-state index in [1.165, 1.54) is 115 Å². The molecule has 25 heavy (non-hydrogen) atoms. The molecule has 0 saturated heterocycles. The molecule has 0 aromatic carbocycles. The topological polar surface area (TPSA) is 25.8 Å². The van der Waals surface area contributed by atoms with Gasteiger partial charge in [0.15, 0.2) is 0 Å². The van der Waals surface area contributed by atoms with Crippen molar-refractivity contribution in [2.45, 2.75) is 122 Å². The number of hydrogen-bond donors (Lipinski definition) is 0. The van der Waals surface area contributed by atoms with Gasteiger partial charge in [-0.2, -0.15) is 0 Å². The van der Waals surface area contributed by atoms with E-state index in [1.807, 2.05) is 12.3 Å². The Kier molecular flexibility index (Phi) is 15.8. The van der Waals surface area contributed by atoms with Gasteiger partial charge in [-0.05, 0) is 18.9 Å². The molecule has 0 saturated carbocycles. The standard InChI is InChI=1S/C23H42N2/c1-2-3-4-5-6-7-8-9-10-11-12-13-14-15-16-17-18-19-23-20-21-24-22-25-23/h20-22H,2-19H2,1H3. The van der Waals surface area contributed by atoms with Crippen molar-refractivity contribution in [2.75, 3.05) is 0 Å². The van der Waals surface area contributed by atoms with Crippen LogP contribution in [0.1, 0.15) is 122 Å². The Hall–Kier alpha value is -0.920. The van der Waals surface area contributed by atoms with Crippen LogP contribution >= 0.6 is 0 Å². The van der Waals surface area contributed by atoms with E-state index in [2.05, 4.69) is 16.9 Å². The molecule has 144 valence electrons. The molecule has 0 aliphatic rings. The number of rotatable bonds is 18. The quantitative estimate of drug-likeness (QED) is 0.255. The summed E-state index contributed by atoms with van der Waals surface area (Å²) in [6.45, 7) is 2.29. The van der Waals surface area contributed by atoms with Crippen molar-refractivity contribution in [3.05, 3.63) is 24.3 Å². The van der Waals surface area contributed by atoms with Crippen LogP contribution in [0.25, 0.3) is 0 Å². The van der Waals surface area contributed by atoms with Gasteiger partial charge in [-0.3, -0.25) is 0 Å². The summed E-state index contributed by atoms with van der Waals surface area (Å²) in [6, 6.07) is 2.03. The van der Waals surface area contributed by atoms with Crippen molar-refractivity contribution in [3.63, 3.8) is 0 Å². The van der Waals surface area contributed by atoms with E-state index in [1.54, 1.807) is 6.33 Å². The number of hydrogen-bond acceptors (Lipinski definition) is 2. The van der Waals surface area contributed by atoms with E-state index >= 15 is 0 Å². The van der Waals surface area contributed by atoms with E-state index in [-0.39, 0.29) is 0 Å². The summed E-state index contributed by atoms with van der Waals surface area (Å²) in [5.41, 5.74) is 1.19. The monoisotopic (exact) mass is 346 g/mol. The maximum absolute atomic E-state index is 4.28. The van der Waals surface area contributed by atoms with Gasteiger partial charge in [0, 0.05) is 11.9 Å². The van der Waals surface area contributed by atoms with Crippen LogP contribution in [-0.4, -0.2) is 9.97 Å². The van der Waals surface area contributed by atoms with Crippen LogP contribution in [0.5, 0.6) is 0 Å². The van der Waals surface area contributed by atoms with Crippen LogP contribution in [0.3, 0.4) is 0 Å². The third-order valence-corrected chi connectivity index (χ3v) is 5.18. The molecule has 1 rings (SSSR count). The molecule has 0 radical (unpaired) electrons. The first-order chi connectivity index (χ1) is 12.4. The summed E-state index contributed by atoms with van der Waals surface area (Å²) in [4.78, 5) is 8.24. The lowest BCUT2D eigenvalue weighted by atomic mass is 10.0. The molecule has 0 spiro atoms. The van der Waals surface area contributed by atoms with Gasteiger partial charge in [0.05, 0.1) is 0 Å². The number of nitrogens with zero attached hydrogens (tertiary/aromatic N) is 2. The van der Waals surface area contributed by atoms with Crippen molar-refractivity contribution < 1.29 is 0 Å². The molecule has 1 aromatic heterocycles. The highest BCUT2D eigenvalue weighted by Gasteiger charge is 1.96. The molecular formula is C23H42N2. The molecule has 0 bridgehead atoms. The first kappa shape index (κ1) is 22.1. The molecule has 2 heteroatoms. The summed E-state index contributed by atoms with van der Waals surface area (Å²) in [6.07, 6.45) is 28.9. The van der Waals surface area contributed by atoms with Crippen LogP contribution in [0.15, 0.2) is 18.6 Å². The Bertz CT molecular complexity index is 364. The second kappa shape index (κ2) is 17.9. The predicted octanol–water partition coefficient (Wildman–Crippen LogP) is 7.67. The highest BCUT2D eigenvalue weighted by Crippen LogP contribution is 2.14. The van der Waals surface area contributed by atoms with Crippen molar-refractivity contribution in [2.24, 2.45) is 0 Å². The third kappa shape index (κ3) is 15.1. The zero-order chi connectivity index (χ0) is 17.8. The summed E-state index contributed by atoms with van der Waals surface area (Å²) < 4.78 is 0. The second-order valence-electron chi connectivity index (χ2n) is 7.61. The van der Waals surface area contributed by atoms with Crippen molar-refractivity contribution in [1.29, 1.82) is 0 Å². The van der Waals surface area contributed by atoms with Crippen LogP contribution in [-0.2, 0) is 6.42 Å². The third-order valence-electron chi connectivity index (χ3n) is 5.18. The van der Waals surface area contributed by atoms with E-state index in [9.17, 15) is 0 Å². The number of aryl methyl sites for hydroxylation is 1. The zero-order valence-electron chi connectivity index (χ0n) is 16.9. The molecule has 1 aromatic rings. The molecule has 0 fully saturated rings. The SMILES string of the molecule is CCCCCCCCCCCCCCCCCCCc1ccncn1. The number of unbranched alkanes of at least 4 members (excludes halogenated alkanes) is 16. The van der Waals surface area contributed by atoms with E-state index in [0.29, 0.717) is 0 Å². The molecule has 0 atom stereocenters. The second-order valence-corrected chi connectivity index (χ2v) is 7.61. The molecule has 0 unspecified atom stereocenters. The largest absolute Gasteiger partial charge is 0.245 e. The molecule has 1 heterocycles. The fraction of sp³-hybridized carbons (Fsp3) is 0.826. The summed E-state index contributed by atoms with van der Waals surface area (Å²) >= 11 is 0. The van der Waals surface area contributed by atoms with E-state index in [4.69, 9.17) is 0 Å². The lowest BCUT2D eigenvalue weighted by Gasteiger charge is -2.04.